The zero-order valence-electron chi connectivity index (χ0n) is 12.0. The van der Waals surface area contributed by atoms with Gasteiger partial charge in [0, 0.05) is 17.0 Å². The van der Waals surface area contributed by atoms with E-state index in [1.54, 1.807) is 0 Å². The first-order valence-electron chi connectivity index (χ1n) is 6.32. The third-order valence-electron chi connectivity index (χ3n) is 3.18. The molecule has 2 rings (SSSR count). The van der Waals surface area contributed by atoms with Crippen molar-refractivity contribution in [3.63, 3.8) is 0 Å². The van der Waals surface area contributed by atoms with E-state index in [0.29, 0.717) is 10.9 Å². The van der Waals surface area contributed by atoms with Crippen molar-refractivity contribution < 1.29 is 23.0 Å². The molecule has 0 radical (unpaired) electrons. The van der Waals surface area contributed by atoms with Crippen LogP contribution in [0.3, 0.4) is 0 Å². The van der Waals surface area contributed by atoms with Crippen LogP contribution in [0.25, 0.3) is 0 Å². The van der Waals surface area contributed by atoms with E-state index in [1.165, 1.54) is 32.4 Å². The number of ketones is 1. The highest BCUT2D eigenvalue weighted by Crippen LogP contribution is 2.31. The van der Waals surface area contributed by atoms with Gasteiger partial charge in [0.2, 0.25) is 0 Å². The fourth-order valence-electron chi connectivity index (χ4n) is 2.05. The second-order valence-corrected chi connectivity index (χ2v) is 5.01. The second-order valence-electron chi connectivity index (χ2n) is 4.45. The minimum Gasteiger partial charge on any atom is -0.493 e. The maximum Gasteiger partial charge on any atom is 0.196 e. The van der Waals surface area contributed by atoms with Gasteiger partial charge in [-0.25, -0.2) is 8.78 Å². The molecule has 0 aliphatic rings. The summed E-state index contributed by atoms with van der Waals surface area (Å²) in [5.41, 5.74) is 0.467. The van der Waals surface area contributed by atoms with Crippen molar-refractivity contribution in [2.24, 2.45) is 0 Å². The average Bonchev–Trinajstić information content (AvgIpc) is 2.53. The van der Waals surface area contributed by atoms with E-state index in [4.69, 9.17) is 9.47 Å². The SMILES string of the molecule is COc1cc(F)c(C(=O)c2cc(F)ccc2CBr)cc1OC. The van der Waals surface area contributed by atoms with Crippen LogP contribution in [-0.2, 0) is 5.33 Å². The molecule has 0 fully saturated rings. The van der Waals surface area contributed by atoms with Crippen LogP contribution in [0.5, 0.6) is 11.5 Å². The summed E-state index contributed by atoms with van der Waals surface area (Å²) in [5, 5.41) is 0.350. The first kappa shape index (κ1) is 16.4. The maximum atomic E-state index is 14.2. The van der Waals surface area contributed by atoms with Gasteiger partial charge >= 0.3 is 0 Å². The normalized spacial score (nSPS) is 10.4. The van der Waals surface area contributed by atoms with Crippen molar-refractivity contribution in [2.45, 2.75) is 5.33 Å². The molecule has 2 aromatic carbocycles. The standard InChI is InChI=1S/C16H13BrF2O3/c1-21-14-6-12(13(19)7-15(14)22-2)16(20)11-5-10(18)4-3-9(11)8-17/h3-7H,8H2,1-2H3. The number of hydrogen-bond donors (Lipinski definition) is 0. The fraction of sp³-hybridized carbons (Fsp3) is 0.188. The Morgan fingerprint density at radius 1 is 1.05 bits per heavy atom. The van der Waals surface area contributed by atoms with Crippen molar-refractivity contribution >= 4 is 21.7 Å². The smallest absolute Gasteiger partial charge is 0.196 e. The highest BCUT2D eigenvalue weighted by Gasteiger charge is 2.21. The Hall–Kier alpha value is -1.95. The minimum atomic E-state index is -0.757. The fourth-order valence-corrected chi connectivity index (χ4v) is 2.54. The van der Waals surface area contributed by atoms with Gasteiger partial charge in [0.1, 0.15) is 11.6 Å². The summed E-state index contributed by atoms with van der Waals surface area (Å²) in [6.45, 7) is 0. The lowest BCUT2D eigenvalue weighted by Crippen LogP contribution is -2.08. The highest BCUT2D eigenvalue weighted by atomic mass is 79.9. The minimum absolute atomic E-state index is 0.1000. The number of hydrogen-bond acceptors (Lipinski definition) is 3. The Morgan fingerprint density at radius 2 is 1.68 bits per heavy atom. The lowest BCUT2D eigenvalue weighted by molar-refractivity contribution is 0.103. The molecule has 0 bridgehead atoms. The van der Waals surface area contributed by atoms with Gasteiger partial charge in [-0.1, -0.05) is 22.0 Å². The van der Waals surface area contributed by atoms with Gasteiger partial charge in [-0.05, 0) is 23.8 Å². The van der Waals surface area contributed by atoms with Crippen LogP contribution in [-0.4, -0.2) is 20.0 Å². The molecule has 0 aliphatic heterocycles. The third-order valence-corrected chi connectivity index (χ3v) is 3.78. The quantitative estimate of drug-likeness (QED) is 0.586. The Balaban J connectivity index is 2.57. The molecule has 116 valence electrons. The molecule has 0 aromatic heterocycles. The van der Waals surface area contributed by atoms with E-state index in [0.717, 1.165) is 12.1 Å². The maximum absolute atomic E-state index is 14.2. The number of alkyl halides is 1. The van der Waals surface area contributed by atoms with Crippen LogP contribution in [0.1, 0.15) is 21.5 Å². The van der Waals surface area contributed by atoms with Crippen molar-refractivity contribution in [1.82, 2.24) is 0 Å². The van der Waals surface area contributed by atoms with E-state index in [2.05, 4.69) is 15.9 Å². The number of carbonyl (C=O) groups is 1. The van der Waals surface area contributed by atoms with Gasteiger partial charge in [0.05, 0.1) is 19.8 Å². The summed E-state index contributed by atoms with van der Waals surface area (Å²) in [6.07, 6.45) is 0. The molecule has 3 nitrogen and oxygen atoms in total. The first-order chi connectivity index (χ1) is 10.5. The Labute approximate surface area is 135 Å². The monoisotopic (exact) mass is 370 g/mol. The summed E-state index contributed by atoms with van der Waals surface area (Å²) in [6, 6.07) is 6.14. The number of methoxy groups -OCH3 is 2. The molecule has 0 amide bonds. The van der Waals surface area contributed by atoms with E-state index in [-0.39, 0.29) is 22.6 Å². The van der Waals surface area contributed by atoms with Crippen molar-refractivity contribution in [2.75, 3.05) is 14.2 Å². The highest BCUT2D eigenvalue weighted by molar-refractivity contribution is 9.08. The van der Waals surface area contributed by atoms with Crippen LogP contribution >= 0.6 is 15.9 Å². The van der Waals surface area contributed by atoms with Gasteiger partial charge in [-0.15, -0.1) is 0 Å². The molecule has 6 heteroatoms. The molecule has 0 atom stereocenters. The molecule has 0 spiro atoms. The lowest BCUT2D eigenvalue weighted by Gasteiger charge is -2.12. The Kier molecular flexibility index (Phi) is 5.13. The number of halogens is 3. The van der Waals surface area contributed by atoms with Gasteiger partial charge in [-0.2, -0.15) is 0 Å². The average molecular weight is 371 g/mol. The topological polar surface area (TPSA) is 35.5 Å². The molecule has 22 heavy (non-hydrogen) atoms. The number of rotatable bonds is 5. The first-order valence-corrected chi connectivity index (χ1v) is 7.44. The zero-order chi connectivity index (χ0) is 16.3. The van der Waals surface area contributed by atoms with Gasteiger partial charge in [0.25, 0.3) is 0 Å². The molecule has 2 aromatic rings. The zero-order valence-corrected chi connectivity index (χ0v) is 13.5. The molecular weight excluding hydrogens is 358 g/mol. The van der Waals surface area contributed by atoms with E-state index < -0.39 is 17.4 Å². The third kappa shape index (κ3) is 3.11. The largest absolute Gasteiger partial charge is 0.493 e. The Morgan fingerprint density at radius 3 is 2.27 bits per heavy atom. The van der Waals surface area contributed by atoms with E-state index in [1.807, 2.05) is 0 Å². The van der Waals surface area contributed by atoms with Crippen LogP contribution in [0, 0.1) is 11.6 Å². The van der Waals surface area contributed by atoms with Crippen molar-refractivity contribution in [3.05, 3.63) is 58.7 Å². The molecule has 0 unspecified atom stereocenters. The van der Waals surface area contributed by atoms with Crippen LogP contribution in [0.15, 0.2) is 30.3 Å². The van der Waals surface area contributed by atoms with Crippen molar-refractivity contribution in [3.8, 4) is 11.5 Å². The number of carbonyl (C=O) groups excluding carboxylic acids is 1. The predicted octanol–water partition coefficient (Wildman–Crippen LogP) is 4.11. The van der Waals surface area contributed by atoms with Gasteiger partial charge < -0.3 is 9.47 Å². The molecule has 0 saturated carbocycles. The molecular formula is C16H13BrF2O3. The van der Waals surface area contributed by atoms with Gasteiger partial charge in [0.15, 0.2) is 17.3 Å². The number of benzene rings is 2. The van der Waals surface area contributed by atoms with Crippen molar-refractivity contribution in [1.29, 1.82) is 0 Å². The van der Waals surface area contributed by atoms with E-state index >= 15 is 0 Å². The summed E-state index contributed by atoms with van der Waals surface area (Å²) in [7, 11) is 2.75. The van der Waals surface area contributed by atoms with Crippen LogP contribution < -0.4 is 9.47 Å². The van der Waals surface area contributed by atoms with Crippen LogP contribution in [0.2, 0.25) is 0 Å². The molecule has 0 N–H and O–H groups in total. The molecule has 0 saturated heterocycles. The summed E-state index contributed by atoms with van der Waals surface area (Å²) >= 11 is 3.23. The van der Waals surface area contributed by atoms with E-state index in [9.17, 15) is 13.6 Å². The molecule has 0 heterocycles. The number of ether oxygens (including phenoxy) is 2. The van der Waals surface area contributed by atoms with Crippen LogP contribution in [0.4, 0.5) is 8.78 Å². The summed E-state index contributed by atoms with van der Waals surface area (Å²) in [4.78, 5) is 12.5. The molecule has 0 aliphatic carbocycles. The summed E-state index contributed by atoms with van der Waals surface area (Å²) < 4.78 is 37.6. The lowest BCUT2D eigenvalue weighted by atomic mass is 9.98. The van der Waals surface area contributed by atoms with Gasteiger partial charge in [-0.3, -0.25) is 4.79 Å². The predicted molar refractivity (Wildman–Crippen MR) is 82.0 cm³/mol. The Bertz CT molecular complexity index is 717. The summed E-state index contributed by atoms with van der Waals surface area (Å²) in [5.74, 6) is -1.53. The second kappa shape index (κ2) is 6.87.